The fourth-order valence-corrected chi connectivity index (χ4v) is 4.03. The lowest BCUT2D eigenvalue weighted by atomic mass is 9.72. The lowest BCUT2D eigenvalue weighted by molar-refractivity contribution is 0.0510. The molecule has 30 heavy (non-hydrogen) atoms. The van der Waals surface area contributed by atoms with E-state index < -0.39 is 0 Å². The zero-order chi connectivity index (χ0) is 20.5. The van der Waals surface area contributed by atoms with Gasteiger partial charge in [-0.05, 0) is 43.0 Å². The topological polar surface area (TPSA) is 46.1 Å². The smallest absolute Gasteiger partial charge is 0.193 e. The Morgan fingerprint density at radius 2 is 1.77 bits per heavy atom. The van der Waals surface area contributed by atoms with Gasteiger partial charge in [-0.2, -0.15) is 0 Å². The summed E-state index contributed by atoms with van der Waals surface area (Å²) in [7, 11) is 3.88. The Bertz CT molecular complexity index is 792. The third-order valence-electron chi connectivity index (χ3n) is 5.76. The van der Waals surface area contributed by atoms with Crippen LogP contribution in [0.25, 0.3) is 0 Å². The normalized spacial score (nSPS) is 15.8. The Labute approximate surface area is 197 Å². The van der Waals surface area contributed by atoms with Crippen molar-refractivity contribution in [2.75, 3.05) is 47.0 Å². The Hall–Kier alpha value is -1.80. The van der Waals surface area contributed by atoms with Crippen LogP contribution in [0.2, 0.25) is 0 Å². The van der Waals surface area contributed by atoms with Crippen LogP contribution in [0.4, 0.5) is 0 Å². The third-order valence-corrected chi connectivity index (χ3v) is 5.76. The van der Waals surface area contributed by atoms with E-state index >= 15 is 0 Å². The van der Waals surface area contributed by atoms with E-state index in [1.807, 2.05) is 44.4 Å². The highest BCUT2D eigenvalue weighted by molar-refractivity contribution is 14.0. The summed E-state index contributed by atoms with van der Waals surface area (Å²) in [6.07, 6.45) is 2.03. The maximum absolute atomic E-state index is 5.83. The molecule has 0 aromatic heterocycles. The molecule has 1 N–H and O–H groups in total. The number of halogens is 1. The van der Waals surface area contributed by atoms with Gasteiger partial charge in [0.05, 0.1) is 6.54 Å². The lowest BCUT2D eigenvalue weighted by Gasteiger charge is -2.39. The molecule has 0 unspecified atom stereocenters. The maximum Gasteiger partial charge on any atom is 0.193 e. The molecule has 0 atom stereocenters. The van der Waals surface area contributed by atoms with Gasteiger partial charge in [0.15, 0.2) is 5.96 Å². The van der Waals surface area contributed by atoms with E-state index in [1.54, 1.807) is 0 Å². The molecule has 0 amide bonds. The second-order valence-electron chi connectivity index (χ2n) is 7.69. The lowest BCUT2D eigenvalue weighted by Crippen LogP contribution is -2.49. The Kier molecular flexibility index (Phi) is 9.91. The molecule has 1 aliphatic heterocycles. The number of hydrogen-bond donors (Lipinski definition) is 1. The first-order valence-electron chi connectivity index (χ1n) is 10.4. The van der Waals surface area contributed by atoms with Gasteiger partial charge in [0, 0.05) is 39.3 Å². The Morgan fingerprint density at radius 1 is 1.10 bits per heavy atom. The maximum atomic E-state index is 5.83. The van der Waals surface area contributed by atoms with Crippen molar-refractivity contribution in [3.8, 4) is 5.75 Å². The van der Waals surface area contributed by atoms with Gasteiger partial charge in [0.25, 0.3) is 0 Å². The van der Waals surface area contributed by atoms with E-state index in [2.05, 4.69) is 46.4 Å². The van der Waals surface area contributed by atoms with Crippen molar-refractivity contribution in [2.24, 2.45) is 4.99 Å². The predicted molar refractivity (Wildman–Crippen MR) is 134 cm³/mol. The molecular weight excluding hydrogens is 489 g/mol. The molecule has 0 bridgehead atoms. The minimum absolute atomic E-state index is 0. The van der Waals surface area contributed by atoms with Crippen molar-refractivity contribution < 1.29 is 9.47 Å². The van der Waals surface area contributed by atoms with Crippen LogP contribution in [-0.4, -0.2) is 57.9 Å². The van der Waals surface area contributed by atoms with Crippen molar-refractivity contribution in [1.82, 2.24) is 10.2 Å². The molecule has 1 saturated heterocycles. The molecule has 0 saturated carbocycles. The van der Waals surface area contributed by atoms with Crippen LogP contribution in [0.5, 0.6) is 5.75 Å². The van der Waals surface area contributed by atoms with Gasteiger partial charge in [0.1, 0.15) is 12.4 Å². The van der Waals surface area contributed by atoms with Crippen molar-refractivity contribution >= 4 is 29.9 Å². The number of ether oxygens (including phenoxy) is 2. The van der Waals surface area contributed by atoms with E-state index in [0.717, 1.165) is 50.9 Å². The monoisotopic (exact) mass is 523 g/mol. The molecule has 1 aliphatic rings. The summed E-state index contributed by atoms with van der Waals surface area (Å²) in [5, 5.41) is 3.62. The fourth-order valence-electron chi connectivity index (χ4n) is 4.03. The first-order valence-corrected chi connectivity index (χ1v) is 10.4. The first-order chi connectivity index (χ1) is 14.1. The number of guanidine groups is 1. The van der Waals surface area contributed by atoms with Crippen LogP contribution in [0.1, 0.15) is 24.0 Å². The summed E-state index contributed by atoms with van der Waals surface area (Å²) in [5.74, 6) is 1.78. The number of nitrogens with one attached hydrogen (secondary N) is 1. The number of rotatable bonds is 7. The third kappa shape index (κ3) is 6.35. The predicted octanol–water partition coefficient (Wildman–Crippen LogP) is 4.25. The zero-order valence-electron chi connectivity index (χ0n) is 18.3. The number of benzene rings is 2. The molecule has 164 valence electrons. The largest absolute Gasteiger partial charge is 0.492 e. The SMILES string of the molecule is CN=C(NCC1(c2ccccc2C)CCOCC1)N(C)CCOc1ccccc1.I. The molecule has 1 fully saturated rings. The number of aryl methyl sites for hydroxylation is 1. The molecular formula is C24H34IN3O2. The minimum atomic E-state index is 0. The van der Waals surface area contributed by atoms with Crippen LogP contribution in [0.3, 0.4) is 0 Å². The average molecular weight is 523 g/mol. The van der Waals surface area contributed by atoms with Gasteiger partial charge < -0.3 is 19.7 Å². The van der Waals surface area contributed by atoms with Crippen molar-refractivity contribution in [3.63, 3.8) is 0 Å². The summed E-state index contributed by atoms with van der Waals surface area (Å²) in [5.41, 5.74) is 2.83. The molecule has 5 nitrogen and oxygen atoms in total. The Morgan fingerprint density at radius 3 is 2.43 bits per heavy atom. The van der Waals surface area contributed by atoms with Gasteiger partial charge in [-0.1, -0.05) is 42.5 Å². The molecule has 0 spiro atoms. The van der Waals surface area contributed by atoms with Crippen molar-refractivity contribution in [1.29, 1.82) is 0 Å². The van der Waals surface area contributed by atoms with Gasteiger partial charge in [0.2, 0.25) is 0 Å². The minimum Gasteiger partial charge on any atom is -0.492 e. The van der Waals surface area contributed by atoms with Gasteiger partial charge in [-0.25, -0.2) is 0 Å². The summed E-state index contributed by atoms with van der Waals surface area (Å²) in [6, 6.07) is 18.6. The molecule has 2 aromatic rings. The quantitative estimate of drug-likeness (QED) is 0.335. The molecule has 1 heterocycles. The van der Waals surface area contributed by atoms with E-state index in [4.69, 9.17) is 9.47 Å². The van der Waals surface area contributed by atoms with E-state index in [9.17, 15) is 0 Å². The highest BCUT2D eigenvalue weighted by Crippen LogP contribution is 2.36. The average Bonchev–Trinajstić information content (AvgIpc) is 2.76. The first kappa shape index (κ1) is 24.5. The van der Waals surface area contributed by atoms with E-state index in [0.29, 0.717) is 6.61 Å². The molecule has 0 radical (unpaired) electrons. The highest BCUT2D eigenvalue weighted by atomic mass is 127. The van der Waals surface area contributed by atoms with Crippen LogP contribution in [-0.2, 0) is 10.2 Å². The van der Waals surface area contributed by atoms with Crippen molar-refractivity contribution in [2.45, 2.75) is 25.2 Å². The number of aliphatic imine (C=N–C) groups is 1. The number of likely N-dealkylation sites (N-methyl/N-ethyl adjacent to an activating group) is 1. The summed E-state index contributed by atoms with van der Waals surface area (Å²) < 4.78 is 11.5. The molecule has 6 heteroatoms. The fraction of sp³-hybridized carbons (Fsp3) is 0.458. The Balaban J connectivity index is 0.00000320. The summed E-state index contributed by atoms with van der Waals surface area (Å²) in [4.78, 5) is 6.61. The highest BCUT2D eigenvalue weighted by Gasteiger charge is 2.35. The summed E-state index contributed by atoms with van der Waals surface area (Å²) in [6.45, 7) is 6.02. The van der Waals surface area contributed by atoms with E-state index in [1.165, 1.54) is 11.1 Å². The second kappa shape index (κ2) is 12.2. The molecule has 3 rings (SSSR count). The number of hydrogen-bond acceptors (Lipinski definition) is 3. The molecule has 0 aliphatic carbocycles. The van der Waals surface area contributed by atoms with Gasteiger partial charge in [-0.3, -0.25) is 4.99 Å². The second-order valence-corrected chi connectivity index (χ2v) is 7.69. The van der Waals surface area contributed by atoms with E-state index in [-0.39, 0.29) is 29.4 Å². The van der Waals surface area contributed by atoms with Gasteiger partial charge in [-0.15, -0.1) is 24.0 Å². The number of para-hydroxylation sites is 1. The van der Waals surface area contributed by atoms with Crippen LogP contribution < -0.4 is 10.1 Å². The number of nitrogens with zero attached hydrogens (tertiary/aromatic N) is 2. The molecule has 2 aromatic carbocycles. The van der Waals surface area contributed by atoms with Gasteiger partial charge >= 0.3 is 0 Å². The van der Waals surface area contributed by atoms with Crippen LogP contribution in [0.15, 0.2) is 59.6 Å². The standard InChI is InChI=1S/C24H33N3O2.HI/c1-20-9-7-8-12-22(20)24(13-16-28-17-14-24)19-26-23(25-2)27(3)15-18-29-21-10-5-4-6-11-21;/h4-12H,13-19H2,1-3H3,(H,25,26);1H. The van der Waals surface area contributed by atoms with Crippen LogP contribution >= 0.6 is 24.0 Å². The van der Waals surface area contributed by atoms with Crippen LogP contribution in [0, 0.1) is 6.92 Å². The van der Waals surface area contributed by atoms with Crippen molar-refractivity contribution in [3.05, 3.63) is 65.7 Å². The summed E-state index contributed by atoms with van der Waals surface area (Å²) >= 11 is 0. The zero-order valence-corrected chi connectivity index (χ0v) is 20.6.